The second-order valence-corrected chi connectivity index (χ2v) is 5.53. The van der Waals surface area contributed by atoms with Gasteiger partial charge in [0.15, 0.2) is 11.5 Å². The molecule has 4 nitrogen and oxygen atoms in total. The van der Waals surface area contributed by atoms with Crippen LogP contribution >= 0.6 is 0 Å². The molecule has 2 aromatic carbocycles. The minimum absolute atomic E-state index is 0.0160. The van der Waals surface area contributed by atoms with Gasteiger partial charge in [0.2, 0.25) is 0 Å². The molecule has 0 bridgehead atoms. The van der Waals surface area contributed by atoms with Gasteiger partial charge in [0, 0.05) is 17.5 Å². The van der Waals surface area contributed by atoms with Gasteiger partial charge in [-0.25, -0.2) is 4.79 Å². The van der Waals surface area contributed by atoms with E-state index in [1.54, 1.807) is 12.1 Å². The third kappa shape index (κ3) is 3.72. The first kappa shape index (κ1) is 15.2. The summed E-state index contributed by atoms with van der Waals surface area (Å²) in [5.41, 5.74) is 1.15. The Morgan fingerprint density at radius 3 is 2.52 bits per heavy atom. The van der Waals surface area contributed by atoms with E-state index in [4.69, 9.17) is 13.9 Å². The lowest BCUT2D eigenvalue weighted by Crippen LogP contribution is -2.08. The summed E-state index contributed by atoms with van der Waals surface area (Å²) in [7, 11) is 0. The van der Waals surface area contributed by atoms with Gasteiger partial charge in [-0.3, -0.25) is 0 Å². The first-order valence-corrected chi connectivity index (χ1v) is 7.53. The Bertz CT molecular complexity index is 850. The molecule has 0 aliphatic carbocycles. The standard InChI is InChI=1S/C19H18O4/c1-13(2)22-18-10-15-8-9-19(20)23-16(15)11-17(18)21-12-14-6-4-3-5-7-14/h3-11,13H,12H2,1-2H3. The zero-order chi connectivity index (χ0) is 16.2. The molecule has 0 saturated heterocycles. The van der Waals surface area contributed by atoms with E-state index in [1.807, 2.05) is 50.2 Å². The Labute approximate surface area is 134 Å². The van der Waals surface area contributed by atoms with E-state index in [0.29, 0.717) is 23.7 Å². The Morgan fingerprint density at radius 1 is 1.00 bits per heavy atom. The van der Waals surface area contributed by atoms with Crippen LogP contribution in [-0.4, -0.2) is 6.10 Å². The minimum atomic E-state index is -0.385. The van der Waals surface area contributed by atoms with Crippen molar-refractivity contribution in [1.82, 2.24) is 0 Å². The van der Waals surface area contributed by atoms with Crippen LogP contribution in [0.15, 0.2) is 63.8 Å². The fourth-order valence-corrected chi connectivity index (χ4v) is 2.27. The highest BCUT2D eigenvalue weighted by Crippen LogP contribution is 2.33. The molecule has 0 saturated carbocycles. The Hall–Kier alpha value is -2.75. The summed E-state index contributed by atoms with van der Waals surface area (Å²) < 4.78 is 16.9. The molecule has 0 radical (unpaired) electrons. The van der Waals surface area contributed by atoms with Crippen LogP contribution in [0.3, 0.4) is 0 Å². The molecule has 0 spiro atoms. The van der Waals surface area contributed by atoms with Crippen molar-refractivity contribution in [3.05, 3.63) is 70.6 Å². The largest absolute Gasteiger partial charge is 0.487 e. The molecule has 0 amide bonds. The van der Waals surface area contributed by atoms with Gasteiger partial charge in [-0.05, 0) is 31.5 Å². The highest BCUT2D eigenvalue weighted by molar-refractivity contribution is 5.80. The zero-order valence-corrected chi connectivity index (χ0v) is 13.1. The van der Waals surface area contributed by atoms with E-state index in [9.17, 15) is 4.79 Å². The molecule has 23 heavy (non-hydrogen) atoms. The summed E-state index contributed by atoms with van der Waals surface area (Å²) in [4.78, 5) is 11.4. The summed E-state index contributed by atoms with van der Waals surface area (Å²) >= 11 is 0. The molecule has 0 N–H and O–H groups in total. The van der Waals surface area contributed by atoms with Gasteiger partial charge in [0.05, 0.1) is 6.10 Å². The predicted molar refractivity (Wildman–Crippen MR) is 89.0 cm³/mol. The number of rotatable bonds is 5. The van der Waals surface area contributed by atoms with Gasteiger partial charge < -0.3 is 13.9 Å². The van der Waals surface area contributed by atoms with Crippen LogP contribution in [0.1, 0.15) is 19.4 Å². The average Bonchev–Trinajstić information content (AvgIpc) is 2.53. The number of benzene rings is 2. The first-order chi connectivity index (χ1) is 11.1. The molecule has 0 unspecified atom stereocenters. The van der Waals surface area contributed by atoms with E-state index in [2.05, 4.69) is 0 Å². The molecule has 4 heteroatoms. The molecule has 3 rings (SSSR count). The average molecular weight is 310 g/mol. The van der Waals surface area contributed by atoms with Crippen LogP contribution in [0.2, 0.25) is 0 Å². The molecule has 1 aromatic heterocycles. The van der Waals surface area contributed by atoms with E-state index >= 15 is 0 Å². The Morgan fingerprint density at radius 2 is 1.78 bits per heavy atom. The highest BCUT2D eigenvalue weighted by Gasteiger charge is 2.11. The summed E-state index contributed by atoms with van der Waals surface area (Å²) in [6, 6.07) is 16.5. The number of hydrogen-bond acceptors (Lipinski definition) is 4. The third-order valence-electron chi connectivity index (χ3n) is 3.29. The molecule has 118 valence electrons. The summed E-state index contributed by atoms with van der Waals surface area (Å²) in [5, 5.41) is 0.798. The summed E-state index contributed by atoms with van der Waals surface area (Å²) in [6.45, 7) is 4.32. The van der Waals surface area contributed by atoms with Crippen molar-refractivity contribution in [2.45, 2.75) is 26.6 Å². The quantitative estimate of drug-likeness (QED) is 0.664. The molecule has 3 aromatic rings. The summed E-state index contributed by atoms with van der Waals surface area (Å²) in [5.74, 6) is 1.20. The van der Waals surface area contributed by atoms with E-state index in [-0.39, 0.29) is 11.7 Å². The van der Waals surface area contributed by atoms with Gasteiger partial charge in [-0.2, -0.15) is 0 Å². The van der Waals surface area contributed by atoms with Crippen molar-refractivity contribution >= 4 is 11.0 Å². The fourth-order valence-electron chi connectivity index (χ4n) is 2.27. The van der Waals surface area contributed by atoms with Gasteiger partial charge in [-0.15, -0.1) is 0 Å². The van der Waals surface area contributed by atoms with Gasteiger partial charge in [0.1, 0.15) is 12.2 Å². The van der Waals surface area contributed by atoms with Gasteiger partial charge in [-0.1, -0.05) is 30.3 Å². The second-order valence-electron chi connectivity index (χ2n) is 5.53. The van der Waals surface area contributed by atoms with Crippen LogP contribution in [0.4, 0.5) is 0 Å². The lowest BCUT2D eigenvalue weighted by atomic mass is 10.2. The highest BCUT2D eigenvalue weighted by atomic mass is 16.5. The fraction of sp³-hybridized carbons (Fsp3) is 0.211. The van der Waals surface area contributed by atoms with Crippen LogP contribution in [0.5, 0.6) is 11.5 Å². The number of ether oxygens (including phenoxy) is 2. The third-order valence-corrected chi connectivity index (χ3v) is 3.29. The maximum atomic E-state index is 11.4. The Kier molecular flexibility index (Phi) is 4.33. The van der Waals surface area contributed by atoms with Crippen molar-refractivity contribution < 1.29 is 13.9 Å². The maximum Gasteiger partial charge on any atom is 0.336 e. The van der Waals surface area contributed by atoms with E-state index < -0.39 is 0 Å². The smallest absolute Gasteiger partial charge is 0.336 e. The van der Waals surface area contributed by atoms with Crippen molar-refractivity contribution in [3.63, 3.8) is 0 Å². The van der Waals surface area contributed by atoms with Crippen LogP contribution in [-0.2, 0) is 6.61 Å². The van der Waals surface area contributed by atoms with E-state index in [0.717, 1.165) is 10.9 Å². The molecular weight excluding hydrogens is 292 g/mol. The molecular formula is C19H18O4. The van der Waals surface area contributed by atoms with Crippen LogP contribution < -0.4 is 15.1 Å². The Balaban J connectivity index is 1.96. The normalized spacial score (nSPS) is 10.9. The molecule has 0 aliphatic heterocycles. The minimum Gasteiger partial charge on any atom is -0.487 e. The van der Waals surface area contributed by atoms with Gasteiger partial charge in [0.25, 0.3) is 0 Å². The second kappa shape index (κ2) is 6.57. The zero-order valence-electron chi connectivity index (χ0n) is 13.1. The number of hydrogen-bond donors (Lipinski definition) is 0. The topological polar surface area (TPSA) is 48.7 Å². The predicted octanol–water partition coefficient (Wildman–Crippen LogP) is 4.16. The monoisotopic (exact) mass is 310 g/mol. The van der Waals surface area contributed by atoms with Crippen LogP contribution in [0.25, 0.3) is 11.0 Å². The van der Waals surface area contributed by atoms with Crippen molar-refractivity contribution in [2.24, 2.45) is 0 Å². The van der Waals surface area contributed by atoms with Crippen LogP contribution in [0, 0.1) is 0 Å². The maximum absolute atomic E-state index is 11.4. The summed E-state index contributed by atoms with van der Waals surface area (Å²) in [6.07, 6.45) is 0.0160. The first-order valence-electron chi connectivity index (χ1n) is 7.53. The molecule has 1 heterocycles. The number of fused-ring (bicyclic) bond motifs is 1. The molecule has 0 aliphatic rings. The lowest BCUT2D eigenvalue weighted by Gasteiger charge is -2.15. The SMILES string of the molecule is CC(C)Oc1cc2ccc(=O)oc2cc1OCc1ccccc1. The van der Waals surface area contributed by atoms with Gasteiger partial charge >= 0.3 is 5.63 Å². The molecule has 0 fully saturated rings. The van der Waals surface area contributed by atoms with E-state index in [1.165, 1.54) is 6.07 Å². The van der Waals surface area contributed by atoms with Crippen molar-refractivity contribution in [2.75, 3.05) is 0 Å². The van der Waals surface area contributed by atoms with Crippen molar-refractivity contribution in [3.8, 4) is 11.5 Å². The molecule has 0 atom stereocenters. The van der Waals surface area contributed by atoms with Crippen molar-refractivity contribution in [1.29, 1.82) is 0 Å². The lowest BCUT2D eigenvalue weighted by molar-refractivity contribution is 0.218.